The molecule has 1 aromatic rings. The van der Waals surface area contributed by atoms with Crippen molar-refractivity contribution in [2.24, 2.45) is 0 Å². The number of nitrogens with one attached hydrogen (secondary N) is 1. The SMILES string of the molecule is COc1ccnc(NC(C)C2(S(C)(=O)=O)CC2)n1. The van der Waals surface area contributed by atoms with Crippen LogP contribution in [0.15, 0.2) is 12.3 Å². The quantitative estimate of drug-likeness (QED) is 0.855. The third kappa shape index (κ3) is 2.27. The van der Waals surface area contributed by atoms with Crippen LogP contribution in [0.4, 0.5) is 5.95 Å². The lowest BCUT2D eigenvalue weighted by Gasteiger charge is -2.22. The second-order valence-electron chi connectivity index (χ2n) is 4.63. The molecule has 1 N–H and O–H groups in total. The van der Waals surface area contributed by atoms with Gasteiger partial charge in [0.1, 0.15) is 0 Å². The van der Waals surface area contributed by atoms with E-state index in [1.807, 2.05) is 6.92 Å². The predicted octanol–water partition coefficient (Wildman–Crippen LogP) is 0.863. The maximum Gasteiger partial charge on any atom is 0.226 e. The first kappa shape index (κ1) is 13.1. The molecule has 1 aliphatic carbocycles. The highest BCUT2D eigenvalue weighted by Gasteiger charge is 2.56. The van der Waals surface area contributed by atoms with E-state index in [2.05, 4.69) is 15.3 Å². The molecule has 6 nitrogen and oxygen atoms in total. The molecule has 18 heavy (non-hydrogen) atoms. The molecule has 1 fully saturated rings. The summed E-state index contributed by atoms with van der Waals surface area (Å²) < 4.78 is 27.9. The molecular formula is C11H17N3O3S. The van der Waals surface area contributed by atoms with Gasteiger partial charge in [-0.25, -0.2) is 13.4 Å². The van der Waals surface area contributed by atoms with Crippen molar-refractivity contribution < 1.29 is 13.2 Å². The number of anilines is 1. The first-order valence-electron chi connectivity index (χ1n) is 5.72. The number of hydrogen-bond donors (Lipinski definition) is 1. The van der Waals surface area contributed by atoms with Crippen molar-refractivity contribution in [3.63, 3.8) is 0 Å². The van der Waals surface area contributed by atoms with Crippen LogP contribution in [0.2, 0.25) is 0 Å². The fourth-order valence-electron chi connectivity index (χ4n) is 2.10. The summed E-state index contributed by atoms with van der Waals surface area (Å²) in [6.45, 7) is 1.84. The number of sulfone groups is 1. The molecule has 0 amide bonds. The first-order valence-corrected chi connectivity index (χ1v) is 7.61. The average Bonchev–Trinajstić information content (AvgIpc) is 3.09. The zero-order valence-corrected chi connectivity index (χ0v) is 11.5. The lowest BCUT2D eigenvalue weighted by atomic mass is 10.2. The summed E-state index contributed by atoms with van der Waals surface area (Å²) in [5, 5.41) is 3.04. The monoisotopic (exact) mass is 271 g/mol. The fourth-order valence-corrected chi connectivity index (χ4v) is 3.64. The molecule has 1 aromatic heterocycles. The van der Waals surface area contributed by atoms with Gasteiger partial charge in [-0.05, 0) is 19.8 Å². The van der Waals surface area contributed by atoms with Crippen LogP contribution in [0.25, 0.3) is 0 Å². The summed E-state index contributed by atoms with van der Waals surface area (Å²) in [5.74, 6) is 0.834. The van der Waals surface area contributed by atoms with Gasteiger partial charge in [-0.1, -0.05) is 0 Å². The molecule has 0 saturated heterocycles. The van der Waals surface area contributed by atoms with Gasteiger partial charge in [-0.3, -0.25) is 0 Å². The minimum absolute atomic E-state index is 0.223. The van der Waals surface area contributed by atoms with Crippen LogP contribution in [-0.4, -0.2) is 42.5 Å². The highest BCUT2D eigenvalue weighted by molar-refractivity contribution is 7.92. The second kappa shape index (κ2) is 4.38. The molecule has 7 heteroatoms. The Morgan fingerprint density at radius 3 is 2.67 bits per heavy atom. The summed E-state index contributed by atoms with van der Waals surface area (Å²) in [6, 6.07) is 1.42. The number of aromatic nitrogens is 2. The molecule has 0 bridgehead atoms. The molecule has 1 atom stereocenters. The van der Waals surface area contributed by atoms with E-state index in [1.165, 1.54) is 13.4 Å². The summed E-state index contributed by atoms with van der Waals surface area (Å²) in [7, 11) is -1.55. The van der Waals surface area contributed by atoms with Crippen LogP contribution >= 0.6 is 0 Å². The van der Waals surface area contributed by atoms with Crippen molar-refractivity contribution in [1.82, 2.24) is 9.97 Å². The van der Waals surface area contributed by atoms with Gasteiger partial charge < -0.3 is 10.1 Å². The largest absolute Gasteiger partial charge is 0.481 e. The molecule has 1 aliphatic rings. The molecule has 100 valence electrons. The average molecular weight is 271 g/mol. The second-order valence-corrected chi connectivity index (χ2v) is 6.98. The number of ether oxygens (including phenoxy) is 1. The summed E-state index contributed by atoms with van der Waals surface area (Å²) in [4.78, 5) is 8.17. The van der Waals surface area contributed by atoms with Crippen LogP contribution in [-0.2, 0) is 9.84 Å². The van der Waals surface area contributed by atoms with Crippen molar-refractivity contribution in [3.8, 4) is 5.88 Å². The molecule has 0 spiro atoms. The van der Waals surface area contributed by atoms with E-state index in [4.69, 9.17) is 4.74 Å². The van der Waals surface area contributed by atoms with Crippen molar-refractivity contribution in [2.75, 3.05) is 18.7 Å². The summed E-state index contributed by atoms with van der Waals surface area (Å²) >= 11 is 0. The molecule has 1 saturated carbocycles. The number of hydrogen-bond acceptors (Lipinski definition) is 6. The Bertz CT molecular complexity index is 540. The maximum absolute atomic E-state index is 11.8. The van der Waals surface area contributed by atoms with Gasteiger partial charge in [-0.15, -0.1) is 0 Å². The predicted molar refractivity (Wildman–Crippen MR) is 68.5 cm³/mol. The summed E-state index contributed by atoms with van der Waals surface area (Å²) in [6.07, 6.45) is 4.22. The van der Waals surface area contributed by atoms with Gasteiger partial charge in [0.2, 0.25) is 11.8 Å². The molecule has 2 rings (SSSR count). The van der Waals surface area contributed by atoms with Gasteiger partial charge in [0, 0.05) is 24.6 Å². The van der Waals surface area contributed by atoms with E-state index < -0.39 is 14.6 Å². The normalized spacial score (nSPS) is 19.1. The van der Waals surface area contributed by atoms with E-state index in [9.17, 15) is 8.42 Å². The van der Waals surface area contributed by atoms with Gasteiger partial charge in [0.15, 0.2) is 9.84 Å². The zero-order chi connectivity index (χ0) is 13.4. The van der Waals surface area contributed by atoms with E-state index in [1.54, 1.807) is 12.3 Å². The third-order valence-electron chi connectivity index (χ3n) is 3.46. The standard InChI is InChI=1S/C11H17N3O3S/c1-8(11(5-6-11)18(3,15)16)13-10-12-7-4-9(14-10)17-2/h4,7-8H,5-6H2,1-3H3,(H,12,13,14). The van der Waals surface area contributed by atoms with Crippen LogP contribution < -0.4 is 10.1 Å². The van der Waals surface area contributed by atoms with Gasteiger partial charge in [-0.2, -0.15) is 4.98 Å². The zero-order valence-electron chi connectivity index (χ0n) is 10.7. The van der Waals surface area contributed by atoms with Crippen molar-refractivity contribution >= 4 is 15.8 Å². The Morgan fingerprint density at radius 1 is 1.50 bits per heavy atom. The van der Waals surface area contributed by atoms with E-state index in [0.29, 0.717) is 24.7 Å². The minimum atomic E-state index is -3.08. The smallest absolute Gasteiger partial charge is 0.226 e. The van der Waals surface area contributed by atoms with Crippen LogP contribution in [0.3, 0.4) is 0 Å². The van der Waals surface area contributed by atoms with Crippen molar-refractivity contribution in [1.29, 1.82) is 0 Å². The topological polar surface area (TPSA) is 81.2 Å². The summed E-state index contributed by atoms with van der Waals surface area (Å²) in [5.41, 5.74) is 0. The van der Waals surface area contributed by atoms with Crippen molar-refractivity contribution in [2.45, 2.75) is 30.6 Å². The van der Waals surface area contributed by atoms with Crippen LogP contribution in [0, 0.1) is 0 Å². The minimum Gasteiger partial charge on any atom is -0.481 e. The maximum atomic E-state index is 11.8. The molecule has 0 aliphatic heterocycles. The molecular weight excluding hydrogens is 254 g/mol. The Hall–Kier alpha value is -1.37. The van der Waals surface area contributed by atoms with E-state index in [-0.39, 0.29) is 6.04 Å². The Morgan fingerprint density at radius 2 is 2.17 bits per heavy atom. The van der Waals surface area contributed by atoms with Gasteiger partial charge >= 0.3 is 0 Å². The fraction of sp³-hybridized carbons (Fsp3) is 0.636. The van der Waals surface area contributed by atoms with E-state index in [0.717, 1.165) is 0 Å². The highest BCUT2D eigenvalue weighted by Crippen LogP contribution is 2.46. The Balaban J connectivity index is 2.15. The number of methoxy groups -OCH3 is 1. The van der Waals surface area contributed by atoms with Gasteiger partial charge in [0.25, 0.3) is 0 Å². The van der Waals surface area contributed by atoms with Gasteiger partial charge in [0.05, 0.1) is 11.9 Å². The van der Waals surface area contributed by atoms with Crippen LogP contribution in [0.1, 0.15) is 19.8 Å². The van der Waals surface area contributed by atoms with Crippen molar-refractivity contribution in [3.05, 3.63) is 12.3 Å². The van der Waals surface area contributed by atoms with Crippen LogP contribution in [0.5, 0.6) is 5.88 Å². The Kier molecular flexibility index (Phi) is 3.18. The lowest BCUT2D eigenvalue weighted by Crippen LogP contribution is -2.39. The third-order valence-corrected chi connectivity index (χ3v) is 5.69. The molecule has 0 radical (unpaired) electrons. The highest BCUT2D eigenvalue weighted by atomic mass is 32.2. The first-order chi connectivity index (χ1) is 8.39. The van der Waals surface area contributed by atoms with E-state index >= 15 is 0 Å². The number of rotatable bonds is 5. The Labute approximate surface area is 107 Å². The molecule has 0 aromatic carbocycles. The molecule has 1 heterocycles. The lowest BCUT2D eigenvalue weighted by molar-refractivity contribution is 0.397. The number of nitrogens with zero attached hydrogens (tertiary/aromatic N) is 2. The molecule has 1 unspecified atom stereocenters.